The smallest absolute Gasteiger partial charge is 0.475 e. The number of unbranched alkanes of at least 4 members (excludes halogenated alkanes) is 12. The Morgan fingerprint density at radius 2 is 0.840 bits per heavy atom. The fraction of sp³-hybridized carbons (Fsp3) is 0.853. The third kappa shape index (κ3) is 31.0. The molecule has 0 unspecified atom stereocenters. The van der Waals surface area contributed by atoms with Crippen molar-refractivity contribution in [3.63, 3.8) is 0 Å². The maximum atomic E-state index is 13.0. The number of nitrogens with one attached hydrogen (secondary N) is 1. The van der Waals surface area contributed by atoms with Gasteiger partial charge in [-0.15, -0.1) is 0 Å². The lowest BCUT2D eigenvalue weighted by molar-refractivity contribution is -0.192. The van der Waals surface area contributed by atoms with Crippen LogP contribution in [0.4, 0.5) is 13.2 Å². The number of halogens is 3. The molecule has 0 fully saturated rings. The number of aliphatic carboxylic acids is 1. The molecule has 0 heterocycles. The SMILES string of the molecule is CCCCCCCCCCCCCCCC(=O)NC(COC(=O)CCCN)(COC(=O)CCCN)COC(=O)CCCN.O=C(O)C(F)(F)F. The number of amides is 1. The van der Waals surface area contributed by atoms with E-state index < -0.39 is 35.6 Å². The molecule has 50 heavy (non-hydrogen) atoms. The molecule has 0 aromatic rings. The quantitative estimate of drug-likeness (QED) is 0.0382. The molecule has 0 aliphatic rings. The van der Waals surface area contributed by atoms with Crippen LogP contribution >= 0.6 is 0 Å². The van der Waals surface area contributed by atoms with Gasteiger partial charge in [0.1, 0.15) is 25.4 Å². The first-order valence-electron chi connectivity index (χ1n) is 17.9. The molecule has 0 atom stereocenters. The van der Waals surface area contributed by atoms with Crippen molar-refractivity contribution in [2.75, 3.05) is 39.5 Å². The lowest BCUT2D eigenvalue weighted by Gasteiger charge is -2.33. The van der Waals surface area contributed by atoms with Gasteiger partial charge in [-0.3, -0.25) is 19.2 Å². The van der Waals surface area contributed by atoms with Gasteiger partial charge in [0.15, 0.2) is 0 Å². The van der Waals surface area contributed by atoms with Crippen LogP contribution in [0.1, 0.15) is 135 Å². The van der Waals surface area contributed by atoms with Gasteiger partial charge in [0.05, 0.1) is 0 Å². The summed E-state index contributed by atoms with van der Waals surface area (Å²) in [6, 6.07) is 0. The molecule has 0 aliphatic heterocycles. The molecule has 0 aromatic heterocycles. The minimum Gasteiger partial charge on any atom is -0.475 e. The summed E-state index contributed by atoms with van der Waals surface area (Å²) in [6.45, 7) is 2.25. The second-order valence-corrected chi connectivity index (χ2v) is 12.3. The maximum Gasteiger partial charge on any atom is 0.490 e. The molecule has 0 rings (SSSR count). The zero-order valence-corrected chi connectivity index (χ0v) is 30.0. The second-order valence-electron chi connectivity index (χ2n) is 12.3. The number of hydrogen-bond acceptors (Lipinski definition) is 11. The van der Waals surface area contributed by atoms with Gasteiger partial charge in [0.25, 0.3) is 0 Å². The molecule has 0 aromatic carbocycles. The van der Waals surface area contributed by atoms with Gasteiger partial charge in [-0.25, -0.2) is 4.79 Å². The number of carboxylic acids is 1. The highest BCUT2D eigenvalue weighted by Crippen LogP contribution is 2.16. The van der Waals surface area contributed by atoms with Gasteiger partial charge in [-0.2, -0.15) is 13.2 Å². The molecule has 0 saturated carbocycles. The van der Waals surface area contributed by atoms with Gasteiger partial charge in [-0.05, 0) is 45.3 Å². The number of alkyl halides is 3. The van der Waals surface area contributed by atoms with Crippen LogP contribution in [0.25, 0.3) is 0 Å². The third-order valence-electron chi connectivity index (χ3n) is 7.44. The van der Waals surface area contributed by atoms with Crippen LogP contribution in [0.15, 0.2) is 0 Å². The summed E-state index contributed by atoms with van der Waals surface area (Å²) in [4.78, 5) is 58.7. The number of rotatable bonds is 30. The summed E-state index contributed by atoms with van der Waals surface area (Å²) in [5.41, 5.74) is 15.0. The highest BCUT2D eigenvalue weighted by molar-refractivity contribution is 5.77. The van der Waals surface area contributed by atoms with Crippen LogP contribution in [0.5, 0.6) is 0 Å². The maximum absolute atomic E-state index is 13.0. The molecule has 16 heteroatoms. The van der Waals surface area contributed by atoms with Crippen molar-refractivity contribution in [3.8, 4) is 0 Å². The first-order chi connectivity index (χ1) is 23.8. The predicted octanol–water partition coefficient (Wildman–Crippen LogP) is 4.80. The number of ether oxygens (including phenoxy) is 3. The van der Waals surface area contributed by atoms with Crippen molar-refractivity contribution in [1.82, 2.24) is 5.32 Å². The number of carbonyl (C=O) groups excluding carboxylic acids is 4. The predicted molar refractivity (Wildman–Crippen MR) is 183 cm³/mol. The average molecular weight is 729 g/mol. The number of hydrogen-bond donors (Lipinski definition) is 5. The van der Waals surface area contributed by atoms with Crippen molar-refractivity contribution in [1.29, 1.82) is 0 Å². The fourth-order valence-electron chi connectivity index (χ4n) is 4.51. The van der Waals surface area contributed by atoms with Gasteiger partial charge in [-0.1, -0.05) is 84.0 Å². The lowest BCUT2D eigenvalue weighted by atomic mass is 10.0. The molecule has 0 radical (unpaired) electrons. The summed E-state index contributed by atoms with van der Waals surface area (Å²) in [7, 11) is 0. The molecule has 0 saturated heterocycles. The monoisotopic (exact) mass is 728 g/mol. The van der Waals surface area contributed by atoms with E-state index in [0.29, 0.717) is 45.3 Å². The zero-order valence-electron chi connectivity index (χ0n) is 30.0. The fourth-order valence-corrected chi connectivity index (χ4v) is 4.51. The average Bonchev–Trinajstić information content (AvgIpc) is 3.07. The molecular weight excluding hydrogens is 665 g/mol. The van der Waals surface area contributed by atoms with Gasteiger partial charge in [0.2, 0.25) is 5.91 Å². The number of carboxylic acid groups (broad SMARTS) is 1. The normalized spacial score (nSPS) is 11.3. The Labute approximate surface area is 295 Å². The van der Waals surface area contributed by atoms with Gasteiger partial charge < -0.3 is 41.8 Å². The van der Waals surface area contributed by atoms with E-state index in [-0.39, 0.29) is 51.4 Å². The van der Waals surface area contributed by atoms with E-state index in [9.17, 15) is 32.3 Å². The van der Waals surface area contributed by atoms with Crippen molar-refractivity contribution >= 4 is 29.8 Å². The summed E-state index contributed by atoms with van der Waals surface area (Å²) >= 11 is 0. The number of carbonyl (C=O) groups is 5. The Morgan fingerprint density at radius 3 is 1.12 bits per heavy atom. The van der Waals surface area contributed by atoms with Crippen LogP contribution in [0, 0.1) is 0 Å². The summed E-state index contributed by atoms with van der Waals surface area (Å²) in [5.74, 6) is -4.58. The highest BCUT2D eigenvalue weighted by atomic mass is 19.4. The largest absolute Gasteiger partial charge is 0.490 e. The lowest BCUT2D eigenvalue weighted by Crippen LogP contribution is -2.59. The van der Waals surface area contributed by atoms with Crippen LogP contribution in [0.3, 0.4) is 0 Å². The second kappa shape index (κ2) is 32.0. The first kappa shape index (κ1) is 49.1. The molecular formula is C34H63F3N4O9. The van der Waals surface area contributed by atoms with Crippen molar-refractivity contribution < 1.29 is 56.5 Å². The Balaban J connectivity index is 0. The first-order valence-corrected chi connectivity index (χ1v) is 17.9. The number of nitrogens with two attached hydrogens (primary N) is 3. The van der Waals surface area contributed by atoms with E-state index >= 15 is 0 Å². The van der Waals surface area contributed by atoms with E-state index in [1.165, 1.54) is 57.8 Å². The van der Waals surface area contributed by atoms with Crippen LogP contribution in [-0.2, 0) is 38.2 Å². The molecule has 13 nitrogen and oxygen atoms in total. The van der Waals surface area contributed by atoms with Crippen LogP contribution in [-0.4, -0.2) is 86.1 Å². The minimum atomic E-state index is -5.08. The summed E-state index contributed by atoms with van der Waals surface area (Å²) in [6.07, 6.45) is 12.4. The number of esters is 3. The van der Waals surface area contributed by atoms with Crippen LogP contribution in [0.2, 0.25) is 0 Å². The third-order valence-corrected chi connectivity index (χ3v) is 7.44. The van der Waals surface area contributed by atoms with E-state index in [0.717, 1.165) is 19.3 Å². The van der Waals surface area contributed by atoms with E-state index in [1.54, 1.807) is 0 Å². The Morgan fingerprint density at radius 1 is 0.540 bits per heavy atom. The Kier molecular flexibility index (Phi) is 31.4. The van der Waals surface area contributed by atoms with Gasteiger partial charge in [0, 0.05) is 25.7 Å². The van der Waals surface area contributed by atoms with Crippen molar-refractivity contribution in [2.24, 2.45) is 17.2 Å². The zero-order chi connectivity index (χ0) is 38.1. The Hall–Kier alpha value is -2.98. The standard InChI is InChI=1S/C32H62N4O7.C2HF3O2/c1-2-3-4-5-6-7-8-9-10-11-12-13-14-18-28(37)36-32(25-41-29(38)19-15-22-33,26-42-30(39)20-16-23-34)27-43-31(40)21-17-24-35;3-2(4,5)1(6)7/h2-27,33-35H2,1H3,(H,36,37);(H,6,7). The molecule has 0 spiro atoms. The molecule has 0 aliphatic carbocycles. The minimum absolute atomic E-state index is 0.103. The van der Waals surface area contributed by atoms with Crippen molar-refractivity contribution in [2.45, 2.75) is 147 Å². The summed E-state index contributed by atoms with van der Waals surface area (Å²) in [5, 5.41) is 9.99. The van der Waals surface area contributed by atoms with E-state index in [1.807, 2.05) is 0 Å². The van der Waals surface area contributed by atoms with Crippen LogP contribution < -0.4 is 22.5 Å². The molecule has 8 N–H and O–H groups in total. The highest BCUT2D eigenvalue weighted by Gasteiger charge is 2.38. The topological polar surface area (TPSA) is 223 Å². The molecule has 1 amide bonds. The summed E-state index contributed by atoms with van der Waals surface area (Å²) < 4.78 is 48.0. The van der Waals surface area contributed by atoms with E-state index in [4.69, 9.17) is 41.3 Å². The molecule has 0 bridgehead atoms. The van der Waals surface area contributed by atoms with Gasteiger partial charge >= 0.3 is 30.1 Å². The van der Waals surface area contributed by atoms with E-state index in [2.05, 4.69) is 12.2 Å². The Bertz CT molecular complexity index is 865. The van der Waals surface area contributed by atoms with Crippen molar-refractivity contribution in [3.05, 3.63) is 0 Å². The molecule has 294 valence electrons.